The third-order valence-electron chi connectivity index (χ3n) is 6.69. The number of nitrogens with one attached hydrogen (secondary N) is 2. The minimum atomic E-state index is -0.00612. The molecule has 0 unspecified atom stereocenters. The van der Waals surface area contributed by atoms with Crippen LogP contribution in [-0.2, 0) is 4.79 Å². The third-order valence-corrected chi connectivity index (χ3v) is 6.69. The lowest BCUT2D eigenvalue weighted by Gasteiger charge is -2.22. The summed E-state index contributed by atoms with van der Waals surface area (Å²) < 4.78 is 0. The van der Waals surface area contributed by atoms with Crippen LogP contribution in [0.1, 0.15) is 60.4 Å². The highest BCUT2D eigenvalue weighted by atomic mass is 16.2. The molecule has 0 bridgehead atoms. The van der Waals surface area contributed by atoms with Gasteiger partial charge in [0.25, 0.3) is 5.91 Å². The van der Waals surface area contributed by atoms with Crippen molar-refractivity contribution < 1.29 is 9.59 Å². The van der Waals surface area contributed by atoms with E-state index in [-0.39, 0.29) is 23.7 Å². The van der Waals surface area contributed by atoms with E-state index in [1.54, 1.807) is 0 Å². The summed E-state index contributed by atoms with van der Waals surface area (Å²) in [6.07, 6.45) is 6.70. The number of hydrogen-bond acceptors (Lipinski definition) is 2. The lowest BCUT2D eigenvalue weighted by molar-refractivity contribution is -0.117. The summed E-state index contributed by atoms with van der Waals surface area (Å²) in [5, 5.41) is 8.52. The van der Waals surface area contributed by atoms with Gasteiger partial charge in [0.15, 0.2) is 0 Å². The fourth-order valence-corrected chi connectivity index (χ4v) is 4.75. The first-order valence-corrected chi connectivity index (χ1v) is 11.4. The zero-order chi connectivity index (χ0) is 21.2. The summed E-state index contributed by atoms with van der Waals surface area (Å²) in [6, 6.07) is 22.3. The van der Waals surface area contributed by atoms with Gasteiger partial charge in [-0.25, -0.2) is 0 Å². The number of anilines is 1. The monoisotopic (exact) mass is 412 g/mol. The Hall–Kier alpha value is -3.14. The van der Waals surface area contributed by atoms with Crippen molar-refractivity contribution in [3.63, 3.8) is 0 Å². The zero-order valence-electron chi connectivity index (χ0n) is 17.6. The van der Waals surface area contributed by atoms with Crippen LogP contribution >= 0.6 is 0 Å². The van der Waals surface area contributed by atoms with Gasteiger partial charge in [0.2, 0.25) is 5.91 Å². The molecule has 2 amide bonds. The second kappa shape index (κ2) is 8.54. The number of fused-ring (bicyclic) bond motifs is 1. The van der Waals surface area contributed by atoms with E-state index >= 15 is 0 Å². The average Bonchev–Trinajstić information content (AvgIpc) is 3.61. The summed E-state index contributed by atoms with van der Waals surface area (Å²) in [6.45, 7) is 0. The van der Waals surface area contributed by atoms with E-state index in [0.717, 1.165) is 41.3 Å². The van der Waals surface area contributed by atoms with Gasteiger partial charge in [0.05, 0.1) is 0 Å². The van der Waals surface area contributed by atoms with Crippen molar-refractivity contribution in [2.24, 2.45) is 5.92 Å². The van der Waals surface area contributed by atoms with E-state index in [1.807, 2.05) is 54.6 Å². The van der Waals surface area contributed by atoms with Crippen LogP contribution in [0, 0.1) is 5.92 Å². The number of benzene rings is 3. The van der Waals surface area contributed by atoms with E-state index < -0.39 is 0 Å². The van der Waals surface area contributed by atoms with Crippen molar-refractivity contribution in [3.8, 4) is 0 Å². The van der Waals surface area contributed by atoms with Gasteiger partial charge >= 0.3 is 0 Å². The Kier molecular flexibility index (Phi) is 5.46. The molecule has 31 heavy (non-hydrogen) atoms. The van der Waals surface area contributed by atoms with E-state index in [2.05, 4.69) is 22.8 Å². The standard InChI is InChI=1S/C27H28N2O2/c30-26(28-22-8-2-1-3-9-22)20-12-10-19(11-13-20)24-17-25(24)27(31)29-23-15-14-18-6-4-5-7-21(18)16-23/h4-7,10-16,22,24-25H,1-3,8-9,17H2,(H,28,30)(H,29,31)/t24-,25+/m0/s1. The molecule has 2 aliphatic carbocycles. The van der Waals surface area contributed by atoms with Gasteiger partial charge in [-0.05, 0) is 65.8 Å². The number of carbonyl (C=O) groups is 2. The second-order valence-electron chi connectivity index (χ2n) is 8.93. The number of amides is 2. The van der Waals surface area contributed by atoms with Crippen molar-refractivity contribution in [3.05, 3.63) is 77.9 Å². The first kappa shape index (κ1) is 19.8. The summed E-state index contributed by atoms with van der Waals surface area (Å²) in [7, 11) is 0. The second-order valence-corrected chi connectivity index (χ2v) is 8.93. The van der Waals surface area contributed by atoms with Crippen molar-refractivity contribution in [1.29, 1.82) is 0 Å². The smallest absolute Gasteiger partial charge is 0.251 e. The summed E-state index contributed by atoms with van der Waals surface area (Å²) in [5.74, 6) is 0.309. The van der Waals surface area contributed by atoms with Gasteiger partial charge in [-0.1, -0.05) is 61.7 Å². The van der Waals surface area contributed by atoms with Gasteiger partial charge in [-0.2, -0.15) is 0 Å². The first-order valence-electron chi connectivity index (χ1n) is 11.4. The maximum absolute atomic E-state index is 12.7. The molecule has 2 atom stereocenters. The molecular weight excluding hydrogens is 384 g/mol. The van der Waals surface area contributed by atoms with Gasteiger partial charge in [-0.3, -0.25) is 9.59 Å². The highest BCUT2D eigenvalue weighted by Crippen LogP contribution is 2.48. The Balaban J connectivity index is 1.18. The van der Waals surface area contributed by atoms with Gasteiger partial charge in [-0.15, -0.1) is 0 Å². The van der Waals surface area contributed by atoms with E-state index in [4.69, 9.17) is 0 Å². The van der Waals surface area contributed by atoms with E-state index in [1.165, 1.54) is 19.3 Å². The van der Waals surface area contributed by atoms with Crippen LogP contribution in [0.3, 0.4) is 0 Å². The SMILES string of the molecule is O=C(NC1CCCCC1)c1ccc([C@@H]2C[C@H]2C(=O)Nc2ccc3ccccc3c2)cc1. The summed E-state index contributed by atoms with van der Waals surface area (Å²) >= 11 is 0. The molecule has 4 nitrogen and oxygen atoms in total. The van der Waals surface area contributed by atoms with Crippen LogP contribution in [0.25, 0.3) is 10.8 Å². The summed E-state index contributed by atoms with van der Waals surface area (Å²) in [5.41, 5.74) is 2.67. The van der Waals surface area contributed by atoms with Crippen LogP contribution in [0.4, 0.5) is 5.69 Å². The molecule has 158 valence electrons. The predicted octanol–water partition coefficient (Wildman–Crippen LogP) is 5.64. The molecule has 2 saturated carbocycles. The normalized spacial score (nSPS) is 20.9. The number of hydrogen-bond donors (Lipinski definition) is 2. The lowest BCUT2D eigenvalue weighted by atomic mass is 9.95. The number of carbonyl (C=O) groups excluding carboxylic acids is 2. The molecule has 0 spiro atoms. The molecule has 3 aromatic rings. The topological polar surface area (TPSA) is 58.2 Å². The van der Waals surface area contributed by atoms with Crippen LogP contribution in [0.15, 0.2) is 66.7 Å². The fraction of sp³-hybridized carbons (Fsp3) is 0.333. The lowest BCUT2D eigenvalue weighted by Crippen LogP contribution is -2.36. The minimum Gasteiger partial charge on any atom is -0.349 e. The third kappa shape index (κ3) is 4.48. The molecule has 4 heteroatoms. The Labute approximate surface area is 183 Å². The molecule has 2 fully saturated rings. The Bertz CT molecular complexity index is 1100. The van der Waals surface area contributed by atoms with Crippen molar-refractivity contribution >= 4 is 28.3 Å². The highest BCUT2D eigenvalue weighted by molar-refractivity contribution is 5.98. The molecule has 0 aromatic heterocycles. The fourth-order valence-electron chi connectivity index (χ4n) is 4.75. The molecule has 0 heterocycles. The van der Waals surface area contributed by atoms with Crippen LogP contribution in [0.2, 0.25) is 0 Å². The molecule has 3 aromatic carbocycles. The molecule has 0 radical (unpaired) electrons. The molecular formula is C27H28N2O2. The first-order chi connectivity index (χ1) is 15.2. The quantitative estimate of drug-likeness (QED) is 0.569. The van der Waals surface area contributed by atoms with E-state index in [9.17, 15) is 9.59 Å². The minimum absolute atomic E-state index is 0.00612. The maximum Gasteiger partial charge on any atom is 0.251 e. The van der Waals surface area contributed by atoms with Crippen LogP contribution in [0.5, 0.6) is 0 Å². The Morgan fingerprint density at radius 3 is 2.32 bits per heavy atom. The molecule has 5 rings (SSSR count). The maximum atomic E-state index is 12.7. The zero-order valence-corrected chi connectivity index (χ0v) is 17.6. The molecule has 2 aliphatic rings. The molecule has 0 aliphatic heterocycles. The van der Waals surface area contributed by atoms with Crippen molar-refractivity contribution in [2.75, 3.05) is 5.32 Å². The predicted molar refractivity (Wildman–Crippen MR) is 124 cm³/mol. The van der Waals surface area contributed by atoms with Gasteiger partial charge in [0, 0.05) is 23.2 Å². The van der Waals surface area contributed by atoms with E-state index in [0.29, 0.717) is 11.6 Å². The van der Waals surface area contributed by atoms with Crippen molar-refractivity contribution in [2.45, 2.75) is 50.5 Å². The molecule has 2 N–H and O–H groups in total. The van der Waals surface area contributed by atoms with Crippen LogP contribution in [-0.4, -0.2) is 17.9 Å². The van der Waals surface area contributed by atoms with Crippen molar-refractivity contribution in [1.82, 2.24) is 5.32 Å². The highest BCUT2D eigenvalue weighted by Gasteiger charge is 2.43. The van der Waals surface area contributed by atoms with Crippen LogP contribution < -0.4 is 10.6 Å². The summed E-state index contributed by atoms with van der Waals surface area (Å²) in [4.78, 5) is 25.2. The Morgan fingerprint density at radius 1 is 0.806 bits per heavy atom. The number of rotatable bonds is 5. The average molecular weight is 413 g/mol. The largest absolute Gasteiger partial charge is 0.349 e. The Morgan fingerprint density at radius 2 is 1.55 bits per heavy atom. The van der Waals surface area contributed by atoms with Gasteiger partial charge in [0.1, 0.15) is 0 Å². The van der Waals surface area contributed by atoms with Gasteiger partial charge < -0.3 is 10.6 Å². The molecule has 0 saturated heterocycles.